The quantitative estimate of drug-likeness (QED) is 0.762. The number of carbonyl (C=O) groups is 2. The number of benzene rings is 2. The summed E-state index contributed by atoms with van der Waals surface area (Å²) in [6.45, 7) is 4.06. The number of nitrogens with zero attached hydrogens (tertiary/aromatic N) is 3. The molecule has 5 rings (SSSR count). The number of amides is 1. The first kappa shape index (κ1) is 19.8. The van der Waals surface area contributed by atoms with E-state index < -0.39 is 5.41 Å². The van der Waals surface area contributed by atoms with Gasteiger partial charge in [-0.2, -0.15) is 5.26 Å². The van der Waals surface area contributed by atoms with Gasteiger partial charge in [0, 0.05) is 41.2 Å². The zero-order chi connectivity index (χ0) is 22.5. The van der Waals surface area contributed by atoms with E-state index in [1.54, 1.807) is 15.9 Å². The molecule has 6 heteroatoms. The van der Waals surface area contributed by atoms with E-state index in [9.17, 15) is 14.9 Å². The number of rotatable bonds is 3. The van der Waals surface area contributed by atoms with Crippen LogP contribution in [0.5, 0.6) is 0 Å². The molecule has 1 atom stereocenters. The van der Waals surface area contributed by atoms with E-state index in [0.29, 0.717) is 41.8 Å². The number of hydrogen-bond donors (Lipinski definition) is 1. The second-order valence-corrected chi connectivity index (χ2v) is 8.11. The Kier molecular flexibility index (Phi) is 4.49. The van der Waals surface area contributed by atoms with E-state index in [-0.39, 0.29) is 29.6 Å². The molecule has 0 bridgehead atoms. The Morgan fingerprint density at radius 2 is 1.81 bits per heavy atom. The van der Waals surface area contributed by atoms with Gasteiger partial charge in [-0.15, -0.1) is 6.58 Å². The van der Waals surface area contributed by atoms with Crippen molar-refractivity contribution in [2.45, 2.75) is 24.7 Å². The number of para-hydroxylation sites is 2. The predicted molar refractivity (Wildman–Crippen MR) is 122 cm³/mol. The Morgan fingerprint density at radius 1 is 1.09 bits per heavy atom. The highest BCUT2D eigenvalue weighted by Crippen LogP contribution is 2.56. The zero-order valence-corrected chi connectivity index (χ0v) is 17.5. The molecule has 2 N–H and O–H groups in total. The summed E-state index contributed by atoms with van der Waals surface area (Å²) in [5, 5.41) is 10.3. The fraction of sp³-hybridized carbons (Fsp3) is 0.192. The molecule has 1 aliphatic carbocycles. The molecular weight excluding hydrogens is 400 g/mol. The van der Waals surface area contributed by atoms with Crippen LogP contribution in [0.1, 0.15) is 24.8 Å². The number of carbonyl (C=O) groups excluding carboxylic acids is 2. The second kappa shape index (κ2) is 7.24. The number of anilines is 2. The third-order valence-electron chi connectivity index (χ3n) is 6.50. The lowest BCUT2D eigenvalue weighted by Crippen LogP contribution is -2.52. The molecule has 3 aliphatic rings. The number of Topliss-reactive ketones (excluding diaryl/α,β-unsaturated/α-hetero) is 1. The molecule has 2 aliphatic heterocycles. The summed E-state index contributed by atoms with van der Waals surface area (Å²) < 4.78 is 0. The molecule has 158 valence electrons. The van der Waals surface area contributed by atoms with Crippen molar-refractivity contribution >= 4 is 23.1 Å². The first-order valence-corrected chi connectivity index (χ1v) is 10.6. The summed E-state index contributed by atoms with van der Waals surface area (Å²) in [7, 11) is 0. The van der Waals surface area contributed by atoms with Crippen LogP contribution >= 0.6 is 0 Å². The molecule has 0 radical (unpaired) electrons. The van der Waals surface area contributed by atoms with Crippen molar-refractivity contribution in [1.82, 2.24) is 0 Å². The van der Waals surface area contributed by atoms with E-state index in [4.69, 9.17) is 5.73 Å². The van der Waals surface area contributed by atoms with Gasteiger partial charge in [0.2, 0.25) is 5.91 Å². The molecule has 1 amide bonds. The van der Waals surface area contributed by atoms with Crippen molar-refractivity contribution in [3.63, 3.8) is 0 Å². The van der Waals surface area contributed by atoms with Gasteiger partial charge in [-0.05, 0) is 31.0 Å². The fourth-order valence-electron chi connectivity index (χ4n) is 5.31. The highest BCUT2D eigenvalue weighted by Gasteiger charge is 2.62. The van der Waals surface area contributed by atoms with E-state index in [2.05, 4.69) is 12.6 Å². The number of ketones is 1. The maximum atomic E-state index is 14.1. The van der Waals surface area contributed by atoms with Crippen LogP contribution < -0.4 is 15.5 Å². The number of nitriles is 1. The molecule has 2 aromatic carbocycles. The van der Waals surface area contributed by atoms with Crippen LogP contribution in [0, 0.1) is 11.3 Å². The van der Waals surface area contributed by atoms with Crippen LogP contribution in [0.15, 0.2) is 89.9 Å². The molecule has 0 aromatic heterocycles. The van der Waals surface area contributed by atoms with Gasteiger partial charge in [-0.1, -0.05) is 42.5 Å². The summed E-state index contributed by atoms with van der Waals surface area (Å²) in [4.78, 5) is 31.0. The number of nitrogens with two attached hydrogens (primary N) is 1. The van der Waals surface area contributed by atoms with Gasteiger partial charge in [0.25, 0.3) is 0 Å². The Bertz CT molecular complexity index is 1270. The number of allylic oxidation sites excluding steroid dienone is 1. The Morgan fingerprint density at radius 3 is 2.53 bits per heavy atom. The minimum Gasteiger partial charge on any atom is -0.384 e. The van der Waals surface area contributed by atoms with Crippen LogP contribution in [0.2, 0.25) is 0 Å². The average Bonchev–Trinajstić information content (AvgIpc) is 3.04. The maximum Gasteiger partial charge on any atom is 0.248 e. The Balaban J connectivity index is 1.89. The Hall–Kier alpha value is -4.11. The van der Waals surface area contributed by atoms with Gasteiger partial charge < -0.3 is 10.6 Å². The maximum absolute atomic E-state index is 14.1. The van der Waals surface area contributed by atoms with E-state index in [1.807, 2.05) is 54.6 Å². The first-order valence-electron chi connectivity index (χ1n) is 10.6. The third kappa shape index (κ3) is 2.39. The molecule has 0 fully saturated rings. The van der Waals surface area contributed by atoms with Crippen molar-refractivity contribution in [1.29, 1.82) is 5.26 Å². The third-order valence-corrected chi connectivity index (χ3v) is 6.50. The molecule has 6 nitrogen and oxygen atoms in total. The van der Waals surface area contributed by atoms with Crippen LogP contribution in [-0.4, -0.2) is 18.2 Å². The highest BCUT2D eigenvalue weighted by atomic mass is 16.2. The van der Waals surface area contributed by atoms with Crippen molar-refractivity contribution in [2.75, 3.05) is 16.3 Å². The minimum absolute atomic E-state index is 0.0966. The molecule has 0 saturated carbocycles. The molecule has 1 spiro atoms. The van der Waals surface area contributed by atoms with Crippen LogP contribution in [0.3, 0.4) is 0 Å². The monoisotopic (exact) mass is 422 g/mol. The molecule has 2 aromatic rings. The van der Waals surface area contributed by atoms with Crippen molar-refractivity contribution in [3.8, 4) is 6.07 Å². The van der Waals surface area contributed by atoms with Crippen molar-refractivity contribution < 1.29 is 9.59 Å². The van der Waals surface area contributed by atoms with Gasteiger partial charge in [0.1, 0.15) is 17.3 Å². The fourth-order valence-corrected chi connectivity index (χ4v) is 5.31. The Labute approximate surface area is 186 Å². The lowest BCUT2D eigenvalue weighted by molar-refractivity contribution is -0.124. The average molecular weight is 422 g/mol. The van der Waals surface area contributed by atoms with Crippen molar-refractivity contribution in [3.05, 3.63) is 95.5 Å². The SMILES string of the molecule is C=CCN1C(=O)C2(C(C#N)=C(N)N(c3ccccc3)C3=C2C(=O)CCC3)c2ccccc21. The van der Waals surface area contributed by atoms with Gasteiger partial charge in [-0.25, -0.2) is 0 Å². The minimum atomic E-state index is -1.53. The first-order chi connectivity index (χ1) is 15.6. The lowest BCUT2D eigenvalue weighted by Gasteiger charge is -2.43. The van der Waals surface area contributed by atoms with Crippen LogP contribution in [0.25, 0.3) is 0 Å². The summed E-state index contributed by atoms with van der Waals surface area (Å²) in [5.41, 5.74) is 8.37. The topological polar surface area (TPSA) is 90.4 Å². The zero-order valence-electron chi connectivity index (χ0n) is 17.5. The molecule has 32 heavy (non-hydrogen) atoms. The summed E-state index contributed by atoms with van der Waals surface area (Å²) in [6.07, 6.45) is 3.23. The summed E-state index contributed by atoms with van der Waals surface area (Å²) >= 11 is 0. The largest absolute Gasteiger partial charge is 0.384 e. The van der Waals surface area contributed by atoms with Gasteiger partial charge >= 0.3 is 0 Å². The van der Waals surface area contributed by atoms with E-state index in [1.165, 1.54) is 0 Å². The van der Waals surface area contributed by atoms with Crippen LogP contribution in [0.4, 0.5) is 11.4 Å². The normalized spacial score (nSPS) is 22.2. The number of hydrogen-bond acceptors (Lipinski definition) is 5. The van der Waals surface area contributed by atoms with Crippen LogP contribution in [-0.2, 0) is 15.0 Å². The summed E-state index contributed by atoms with van der Waals surface area (Å²) in [5.74, 6) is -0.250. The lowest BCUT2D eigenvalue weighted by atomic mass is 9.64. The molecular formula is C26H22N4O2. The van der Waals surface area contributed by atoms with E-state index >= 15 is 0 Å². The molecule has 1 unspecified atom stereocenters. The molecule has 0 saturated heterocycles. The molecule has 2 heterocycles. The smallest absolute Gasteiger partial charge is 0.248 e. The highest BCUT2D eigenvalue weighted by molar-refractivity contribution is 6.20. The van der Waals surface area contributed by atoms with Gasteiger partial charge in [0.15, 0.2) is 5.78 Å². The summed E-state index contributed by atoms with van der Waals surface area (Å²) in [6, 6.07) is 19.0. The second-order valence-electron chi connectivity index (χ2n) is 8.11. The van der Waals surface area contributed by atoms with Gasteiger partial charge in [-0.3, -0.25) is 14.5 Å². The van der Waals surface area contributed by atoms with Crippen molar-refractivity contribution in [2.24, 2.45) is 5.73 Å². The van der Waals surface area contributed by atoms with E-state index in [0.717, 1.165) is 5.69 Å². The van der Waals surface area contributed by atoms with Gasteiger partial charge in [0.05, 0.1) is 5.57 Å². The standard InChI is InChI=1S/C26H22N4O2/c1-2-15-29-20-12-7-6-11-18(20)26(25(29)32)19(16-27)24(28)30(17-9-4-3-5-10-17)21-13-8-14-22(31)23(21)26/h2-7,9-12H,1,8,13-15,28H2. The predicted octanol–water partition coefficient (Wildman–Crippen LogP) is 3.68. The number of fused-ring (bicyclic) bond motifs is 3.